The molecule has 0 saturated carbocycles. The first-order chi connectivity index (χ1) is 14.1. The topological polar surface area (TPSA) is 88.5 Å². The number of carbonyl (C=O) groups is 2. The number of rotatable bonds is 3. The fraction of sp³-hybridized carbons (Fsp3) is 0.500. The van der Waals surface area contributed by atoms with Crippen molar-refractivity contribution in [3.63, 3.8) is 0 Å². The first kappa shape index (κ1) is 21.7. The van der Waals surface area contributed by atoms with Gasteiger partial charge in [0.2, 0.25) is 0 Å². The number of urea groups is 1. The van der Waals surface area contributed by atoms with Gasteiger partial charge in [-0.15, -0.1) is 0 Å². The molecule has 162 valence electrons. The maximum absolute atomic E-state index is 12.5. The lowest BCUT2D eigenvalue weighted by atomic mass is 10.1. The van der Waals surface area contributed by atoms with Crippen molar-refractivity contribution in [1.82, 2.24) is 20.0 Å². The van der Waals surface area contributed by atoms with Gasteiger partial charge in [0.05, 0.1) is 11.4 Å². The van der Waals surface area contributed by atoms with E-state index in [0.29, 0.717) is 31.6 Å². The summed E-state index contributed by atoms with van der Waals surface area (Å²) in [4.78, 5) is 26.3. The van der Waals surface area contributed by atoms with Gasteiger partial charge in [0.25, 0.3) is 0 Å². The van der Waals surface area contributed by atoms with E-state index in [0.717, 1.165) is 17.1 Å². The monoisotopic (exact) mass is 413 g/mol. The molecule has 0 aliphatic carbocycles. The van der Waals surface area contributed by atoms with E-state index in [1.807, 2.05) is 69.6 Å². The van der Waals surface area contributed by atoms with Crippen LogP contribution < -0.4 is 10.6 Å². The van der Waals surface area contributed by atoms with E-state index in [9.17, 15) is 9.59 Å². The summed E-state index contributed by atoms with van der Waals surface area (Å²) in [6.07, 6.45) is 1.09. The summed E-state index contributed by atoms with van der Waals surface area (Å²) >= 11 is 0. The molecule has 1 fully saturated rings. The van der Waals surface area contributed by atoms with E-state index >= 15 is 0 Å². The molecule has 0 atom stereocenters. The van der Waals surface area contributed by atoms with Crippen molar-refractivity contribution in [2.75, 3.05) is 18.4 Å². The van der Waals surface area contributed by atoms with Crippen molar-refractivity contribution >= 4 is 17.8 Å². The first-order valence-corrected chi connectivity index (χ1v) is 10.3. The summed E-state index contributed by atoms with van der Waals surface area (Å²) in [5.74, 6) is 0. The molecule has 0 bridgehead atoms. The Morgan fingerprint density at radius 2 is 1.83 bits per heavy atom. The number of carbonyl (C=O) groups excluding carboxylic acids is 2. The number of benzene rings is 1. The first-order valence-electron chi connectivity index (χ1n) is 10.3. The Kier molecular flexibility index (Phi) is 6.34. The summed E-state index contributed by atoms with van der Waals surface area (Å²) in [5, 5.41) is 10.4. The van der Waals surface area contributed by atoms with Crippen molar-refractivity contribution in [2.45, 2.75) is 59.1 Å². The molecule has 1 aromatic carbocycles. The van der Waals surface area contributed by atoms with Crippen LogP contribution in [0.15, 0.2) is 30.3 Å². The minimum absolute atomic E-state index is 0.0166. The number of hydrogen-bond acceptors (Lipinski definition) is 4. The van der Waals surface area contributed by atoms with Crippen molar-refractivity contribution < 1.29 is 14.3 Å². The molecule has 1 aromatic heterocycles. The number of piperidine rings is 1. The molecule has 3 amide bonds. The number of amides is 3. The van der Waals surface area contributed by atoms with Gasteiger partial charge >= 0.3 is 12.1 Å². The Morgan fingerprint density at radius 1 is 1.13 bits per heavy atom. The average Bonchev–Trinajstić information content (AvgIpc) is 2.99. The number of anilines is 1. The number of aryl methyl sites for hydroxylation is 2. The summed E-state index contributed by atoms with van der Waals surface area (Å²) in [7, 11) is 0. The van der Waals surface area contributed by atoms with Crippen LogP contribution in [0.4, 0.5) is 15.3 Å². The van der Waals surface area contributed by atoms with E-state index in [4.69, 9.17) is 4.74 Å². The van der Waals surface area contributed by atoms with E-state index < -0.39 is 5.60 Å². The predicted molar refractivity (Wildman–Crippen MR) is 116 cm³/mol. The predicted octanol–water partition coefficient (Wildman–Crippen LogP) is 4.01. The third kappa shape index (κ3) is 5.75. The van der Waals surface area contributed by atoms with Crippen LogP contribution in [-0.4, -0.2) is 51.5 Å². The molecular weight excluding hydrogens is 382 g/mol. The third-order valence-corrected chi connectivity index (χ3v) is 4.84. The van der Waals surface area contributed by atoms with Crippen LogP contribution in [0, 0.1) is 13.8 Å². The van der Waals surface area contributed by atoms with Crippen molar-refractivity contribution in [3.05, 3.63) is 41.7 Å². The highest BCUT2D eigenvalue weighted by atomic mass is 16.6. The molecule has 1 aliphatic rings. The fourth-order valence-corrected chi connectivity index (χ4v) is 3.49. The van der Waals surface area contributed by atoms with Gasteiger partial charge in [-0.25, -0.2) is 14.3 Å². The van der Waals surface area contributed by atoms with Gasteiger partial charge in [0.15, 0.2) is 0 Å². The highest BCUT2D eigenvalue weighted by Gasteiger charge is 2.27. The molecule has 8 nitrogen and oxygen atoms in total. The van der Waals surface area contributed by atoms with E-state index in [2.05, 4.69) is 15.7 Å². The zero-order valence-electron chi connectivity index (χ0n) is 18.4. The van der Waals surface area contributed by atoms with Crippen LogP contribution >= 0.6 is 0 Å². The second-order valence-corrected chi connectivity index (χ2v) is 8.73. The smallest absolute Gasteiger partial charge is 0.410 e. The largest absolute Gasteiger partial charge is 0.444 e. The fourth-order valence-electron chi connectivity index (χ4n) is 3.49. The van der Waals surface area contributed by atoms with E-state index in [1.54, 1.807) is 4.90 Å². The zero-order chi connectivity index (χ0) is 21.9. The van der Waals surface area contributed by atoms with E-state index in [-0.39, 0.29) is 18.2 Å². The average molecular weight is 414 g/mol. The molecule has 0 radical (unpaired) electrons. The molecule has 1 aliphatic heterocycles. The number of nitrogens with one attached hydrogen (secondary N) is 2. The Hall–Kier alpha value is -3.03. The standard InChI is InChI=1S/C22H31N5O3/c1-15-13-16(2)27(25-15)19-8-6-7-18(14-19)24-20(28)23-17-9-11-26(12-10-17)21(29)30-22(3,4)5/h6-8,13-14,17H,9-12H2,1-5H3,(H2,23,24,28). The highest BCUT2D eigenvalue weighted by Crippen LogP contribution is 2.18. The maximum Gasteiger partial charge on any atom is 0.410 e. The lowest BCUT2D eigenvalue weighted by Gasteiger charge is -2.33. The molecule has 8 heteroatoms. The molecule has 1 saturated heterocycles. The van der Waals surface area contributed by atoms with Crippen LogP contribution in [0.2, 0.25) is 0 Å². The molecule has 0 unspecified atom stereocenters. The summed E-state index contributed by atoms with van der Waals surface area (Å²) in [5.41, 5.74) is 3.06. The van der Waals surface area contributed by atoms with Crippen LogP contribution in [0.3, 0.4) is 0 Å². The van der Waals surface area contributed by atoms with Crippen molar-refractivity contribution in [2.24, 2.45) is 0 Å². The van der Waals surface area contributed by atoms with Crippen molar-refractivity contribution in [3.8, 4) is 5.69 Å². The highest BCUT2D eigenvalue weighted by molar-refractivity contribution is 5.89. The zero-order valence-corrected chi connectivity index (χ0v) is 18.4. The Morgan fingerprint density at radius 3 is 2.43 bits per heavy atom. The van der Waals surface area contributed by atoms with Crippen LogP contribution in [0.5, 0.6) is 0 Å². The molecule has 30 heavy (non-hydrogen) atoms. The number of nitrogens with zero attached hydrogens (tertiary/aromatic N) is 3. The quantitative estimate of drug-likeness (QED) is 0.796. The van der Waals surface area contributed by atoms with Crippen LogP contribution in [-0.2, 0) is 4.74 Å². The van der Waals surface area contributed by atoms with Gasteiger partial charge < -0.3 is 20.3 Å². The normalized spacial score (nSPS) is 15.0. The van der Waals surface area contributed by atoms with Gasteiger partial charge in [-0.2, -0.15) is 5.10 Å². The number of aromatic nitrogens is 2. The van der Waals surface area contributed by atoms with Crippen molar-refractivity contribution in [1.29, 1.82) is 0 Å². The second-order valence-electron chi connectivity index (χ2n) is 8.73. The minimum atomic E-state index is -0.506. The maximum atomic E-state index is 12.5. The number of hydrogen-bond donors (Lipinski definition) is 2. The van der Waals surface area contributed by atoms with Gasteiger partial charge in [0, 0.05) is 30.5 Å². The lowest BCUT2D eigenvalue weighted by Crippen LogP contribution is -2.48. The molecule has 3 rings (SSSR count). The molecule has 2 aromatic rings. The number of ether oxygens (including phenoxy) is 1. The van der Waals surface area contributed by atoms with Gasteiger partial charge in [-0.1, -0.05) is 6.07 Å². The third-order valence-electron chi connectivity index (χ3n) is 4.84. The van der Waals surface area contributed by atoms with Gasteiger partial charge in [0.1, 0.15) is 5.60 Å². The van der Waals surface area contributed by atoms with Crippen LogP contribution in [0.1, 0.15) is 45.0 Å². The Balaban J connectivity index is 1.52. The molecule has 2 heterocycles. The number of likely N-dealkylation sites (tertiary alicyclic amines) is 1. The SMILES string of the molecule is Cc1cc(C)n(-c2cccc(NC(=O)NC3CCN(C(=O)OC(C)(C)C)CC3)c2)n1. The molecular formula is C22H31N5O3. The summed E-state index contributed by atoms with van der Waals surface area (Å²) in [6.45, 7) is 10.6. The minimum Gasteiger partial charge on any atom is -0.444 e. The Labute approximate surface area is 177 Å². The van der Waals surface area contributed by atoms with E-state index in [1.165, 1.54) is 0 Å². The summed E-state index contributed by atoms with van der Waals surface area (Å²) < 4.78 is 7.26. The Bertz CT molecular complexity index is 908. The molecule has 2 N–H and O–H groups in total. The molecule has 0 spiro atoms. The van der Waals surface area contributed by atoms with Gasteiger partial charge in [-0.05, 0) is 71.7 Å². The second kappa shape index (κ2) is 8.77. The lowest BCUT2D eigenvalue weighted by molar-refractivity contribution is 0.0202. The van der Waals surface area contributed by atoms with Gasteiger partial charge in [-0.3, -0.25) is 0 Å². The summed E-state index contributed by atoms with van der Waals surface area (Å²) in [6, 6.07) is 9.36. The van der Waals surface area contributed by atoms with Crippen LogP contribution in [0.25, 0.3) is 5.69 Å².